The molecule has 0 aliphatic rings. The highest BCUT2D eigenvalue weighted by atomic mass is 16.6. The first-order valence-electron chi connectivity index (χ1n) is 7.11. The lowest BCUT2D eigenvalue weighted by atomic mass is 10.1. The second-order valence-corrected chi connectivity index (χ2v) is 6.05. The van der Waals surface area contributed by atoms with E-state index in [4.69, 9.17) is 4.74 Å². The smallest absolute Gasteiger partial charge is 0.407 e. The Kier molecular flexibility index (Phi) is 6.30. The minimum absolute atomic E-state index is 0.0488. The van der Waals surface area contributed by atoms with Gasteiger partial charge in [-0.05, 0) is 27.7 Å². The van der Waals surface area contributed by atoms with Gasteiger partial charge < -0.3 is 15.4 Å². The first kappa shape index (κ1) is 17.9. The second kappa shape index (κ2) is 7.74. The Hall–Kier alpha value is -2.15. The van der Waals surface area contributed by atoms with Crippen LogP contribution in [0.25, 0.3) is 0 Å². The van der Waals surface area contributed by atoms with Crippen molar-refractivity contribution in [1.29, 1.82) is 0 Å². The number of benzene rings is 1. The third-order valence-corrected chi connectivity index (χ3v) is 2.78. The number of alkyl carbamates (subject to hydrolysis) is 1. The maximum absolute atomic E-state index is 11.5. The van der Waals surface area contributed by atoms with Crippen LogP contribution in [-0.4, -0.2) is 29.2 Å². The highest BCUT2D eigenvalue weighted by molar-refractivity contribution is 5.67. The summed E-state index contributed by atoms with van der Waals surface area (Å²) in [6.07, 6.45) is -0.480. The van der Waals surface area contributed by atoms with Crippen LogP contribution >= 0.6 is 0 Å². The average Bonchev–Trinajstić information content (AvgIpc) is 2.41. The van der Waals surface area contributed by atoms with E-state index in [0.29, 0.717) is 18.7 Å². The predicted molar refractivity (Wildman–Crippen MR) is 83.6 cm³/mol. The molecule has 0 spiro atoms. The summed E-state index contributed by atoms with van der Waals surface area (Å²) in [4.78, 5) is 22.0. The van der Waals surface area contributed by atoms with Gasteiger partial charge in [-0.1, -0.05) is 18.2 Å². The van der Waals surface area contributed by atoms with E-state index in [2.05, 4.69) is 10.6 Å². The van der Waals surface area contributed by atoms with E-state index < -0.39 is 16.6 Å². The van der Waals surface area contributed by atoms with Gasteiger partial charge in [-0.15, -0.1) is 0 Å². The number of amides is 1. The Morgan fingerprint density at radius 1 is 1.36 bits per heavy atom. The predicted octanol–water partition coefficient (Wildman–Crippen LogP) is 2.60. The van der Waals surface area contributed by atoms with Gasteiger partial charge in [0.25, 0.3) is 5.69 Å². The molecule has 1 atom stereocenters. The van der Waals surface area contributed by atoms with Gasteiger partial charge in [0.1, 0.15) is 5.60 Å². The molecule has 1 rings (SSSR count). The molecule has 1 amide bonds. The summed E-state index contributed by atoms with van der Waals surface area (Å²) in [6.45, 7) is 7.99. The molecule has 0 aromatic heterocycles. The van der Waals surface area contributed by atoms with Crippen LogP contribution in [0, 0.1) is 10.1 Å². The van der Waals surface area contributed by atoms with Crippen molar-refractivity contribution in [3.8, 4) is 0 Å². The Morgan fingerprint density at radius 2 is 2.00 bits per heavy atom. The summed E-state index contributed by atoms with van der Waals surface area (Å²) in [7, 11) is 0. The molecule has 7 heteroatoms. The number of hydrogen-bond acceptors (Lipinski definition) is 5. The minimum Gasteiger partial charge on any atom is -0.444 e. The van der Waals surface area contributed by atoms with Crippen LogP contribution in [0.15, 0.2) is 24.3 Å². The topological polar surface area (TPSA) is 93.5 Å². The zero-order valence-electron chi connectivity index (χ0n) is 13.4. The number of ether oxygens (including phenoxy) is 1. The van der Waals surface area contributed by atoms with Gasteiger partial charge in [-0.3, -0.25) is 10.1 Å². The van der Waals surface area contributed by atoms with Crippen LogP contribution in [0.1, 0.15) is 33.3 Å². The molecular formula is C15H23N3O4. The number of para-hydroxylation sites is 1. The number of nitro groups is 1. The van der Waals surface area contributed by atoms with Gasteiger partial charge >= 0.3 is 6.09 Å². The van der Waals surface area contributed by atoms with Crippen LogP contribution in [0.2, 0.25) is 0 Å². The van der Waals surface area contributed by atoms with Gasteiger partial charge in [0.2, 0.25) is 0 Å². The van der Waals surface area contributed by atoms with Gasteiger partial charge in [0.15, 0.2) is 0 Å². The number of carbonyl (C=O) groups excluding carboxylic acids is 1. The summed E-state index contributed by atoms with van der Waals surface area (Å²) >= 11 is 0. The average molecular weight is 309 g/mol. The van der Waals surface area contributed by atoms with E-state index in [1.54, 1.807) is 39.0 Å². The lowest BCUT2D eigenvalue weighted by Gasteiger charge is -2.21. The molecule has 0 saturated carbocycles. The van der Waals surface area contributed by atoms with Gasteiger partial charge in [0, 0.05) is 30.8 Å². The molecule has 0 aliphatic heterocycles. The molecule has 0 heterocycles. The Bertz CT molecular complexity index is 526. The fourth-order valence-corrected chi connectivity index (χ4v) is 1.75. The maximum Gasteiger partial charge on any atom is 0.407 e. The fraction of sp³-hybridized carbons (Fsp3) is 0.533. The summed E-state index contributed by atoms with van der Waals surface area (Å²) < 4.78 is 5.13. The van der Waals surface area contributed by atoms with Crippen LogP contribution in [0.5, 0.6) is 0 Å². The Morgan fingerprint density at radius 3 is 2.59 bits per heavy atom. The summed E-state index contributed by atoms with van der Waals surface area (Å²) in [5.41, 5.74) is 0.157. The lowest BCUT2D eigenvalue weighted by Crippen LogP contribution is -2.41. The van der Waals surface area contributed by atoms with Crippen LogP contribution in [0.3, 0.4) is 0 Å². The molecule has 0 aliphatic carbocycles. The first-order chi connectivity index (χ1) is 10.2. The first-order valence-corrected chi connectivity index (χ1v) is 7.11. The molecule has 1 aromatic rings. The van der Waals surface area contributed by atoms with Crippen molar-refractivity contribution < 1.29 is 14.5 Å². The maximum atomic E-state index is 11.5. The molecule has 0 bridgehead atoms. The van der Waals surface area contributed by atoms with Crippen LogP contribution in [-0.2, 0) is 11.3 Å². The number of hydrogen-bond donors (Lipinski definition) is 2. The fourth-order valence-electron chi connectivity index (χ4n) is 1.75. The molecule has 122 valence electrons. The van der Waals surface area contributed by atoms with Crippen molar-refractivity contribution in [2.24, 2.45) is 0 Å². The molecule has 0 fully saturated rings. The zero-order chi connectivity index (χ0) is 16.8. The van der Waals surface area contributed by atoms with Crippen molar-refractivity contribution in [2.75, 3.05) is 6.54 Å². The Labute approximate surface area is 130 Å². The Balaban J connectivity index is 2.42. The number of nitro benzene ring substituents is 1. The third-order valence-electron chi connectivity index (χ3n) is 2.78. The van der Waals surface area contributed by atoms with E-state index in [1.165, 1.54) is 6.07 Å². The van der Waals surface area contributed by atoms with Gasteiger partial charge in [-0.25, -0.2) is 4.79 Å². The largest absolute Gasteiger partial charge is 0.444 e. The molecule has 22 heavy (non-hydrogen) atoms. The van der Waals surface area contributed by atoms with E-state index in [-0.39, 0.29) is 11.7 Å². The monoisotopic (exact) mass is 309 g/mol. The van der Waals surface area contributed by atoms with Crippen molar-refractivity contribution in [3.05, 3.63) is 39.9 Å². The SMILES string of the molecule is CC(CNC(=O)OC(C)(C)C)NCc1ccccc1[N+](=O)[O-]. The quantitative estimate of drug-likeness (QED) is 0.622. The summed E-state index contributed by atoms with van der Waals surface area (Å²) in [5.74, 6) is 0. The van der Waals surface area contributed by atoms with Crippen molar-refractivity contribution in [2.45, 2.75) is 45.9 Å². The van der Waals surface area contributed by atoms with Crippen LogP contribution in [0.4, 0.5) is 10.5 Å². The van der Waals surface area contributed by atoms with Crippen molar-refractivity contribution in [1.82, 2.24) is 10.6 Å². The highest BCUT2D eigenvalue weighted by Gasteiger charge is 2.17. The molecule has 1 unspecified atom stereocenters. The molecule has 1 aromatic carbocycles. The number of rotatable bonds is 6. The molecule has 0 saturated heterocycles. The van der Waals surface area contributed by atoms with Crippen molar-refractivity contribution >= 4 is 11.8 Å². The van der Waals surface area contributed by atoms with E-state index in [9.17, 15) is 14.9 Å². The van der Waals surface area contributed by atoms with Gasteiger partial charge in [0.05, 0.1) is 4.92 Å². The zero-order valence-corrected chi connectivity index (χ0v) is 13.4. The number of nitrogens with zero attached hydrogens (tertiary/aromatic N) is 1. The second-order valence-electron chi connectivity index (χ2n) is 6.05. The van der Waals surface area contributed by atoms with Gasteiger partial charge in [-0.2, -0.15) is 0 Å². The molecule has 0 radical (unpaired) electrons. The summed E-state index contributed by atoms with van der Waals surface area (Å²) in [5, 5.41) is 16.7. The molecular weight excluding hydrogens is 286 g/mol. The summed E-state index contributed by atoms with van der Waals surface area (Å²) in [6, 6.07) is 6.52. The highest BCUT2D eigenvalue weighted by Crippen LogP contribution is 2.17. The van der Waals surface area contributed by atoms with E-state index in [1.807, 2.05) is 6.92 Å². The number of nitrogens with one attached hydrogen (secondary N) is 2. The minimum atomic E-state index is -0.536. The molecule has 2 N–H and O–H groups in total. The molecule has 7 nitrogen and oxygen atoms in total. The standard InChI is InChI=1S/C15H23N3O4/c1-11(9-17-14(19)22-15(2,3)4)16-10-12-7-5-6-8-13(12)18(20)21/h5-8,11,16H,9-10H2,1-4H3,(H,17,19). The normalized spacial score (nSPS) is 12.5. The van der Waals surface area contributed by atoms with Crippen molar-refractivity contribution in [3.63, 3.8) is 0 Å². The van der Waals surface area contributed by atoms with E-state index in [0.717, 1.165) is 0 Å². The van der Waals surface area contributed by atoms with Crippen LogP contribution < -0.4 is 10.6 Å². The lowest BCUT2D eigenvalue weighted by molar-refractivity contribution is -0.385. The number of carbonyl (C=O) groups is 1. The third kappa shape index (κ3) is 6.53. The van der Waals surface area contributed by atoms with E-state index >= 15 is 0 Å².